The molecule has 0 aliphatic carbocycles. The van der Waals surface area contributed by atoms with Gasteiger partial charge in [0.2, 0.25) is 5.91 Å². The van der Waals surface area contributed by atoms with Gasteiger partial charge in [0.25, 0.3) is 0 Å². The van der Waals surface area contributed by atoms with Crippen LogP contribution >= 0.6 is 0 Å². The Bertz CT molecular complexity index is 1420. The largest absolute Gasteiger partial charge is 0.490 e. The van der Waals surface area contributed by atoms with Crippen LogP contribution in [0.1, 0.15) is 38.6 Å². The molecule has 1 amide bonds. The number of rotatable bonds is 5. The second kappa shape index (κ2) is 9.81. The third-order valence-corrected chi connectivity index (χ3v) is 7.29. The quantitative estimate of drug-likeness (QED) is 0.441. The number of aromatic nitrogens is 6. The lowest BCUT2D eigenvalue weighted by Gasteiger charge is -2.31. The molecule has 0 unspecified atom stereocenters. The highest BCUT2D eigenvalue weighted by atomic mass is 16.5. The molecule has 11 nitrogen and oxygen atoms in total. The van der Waals surface area contributed by atoms with E-state index in [0.717, 1.165) is 72.6 Å². The van der Waals surface area contributed by atoms with Crippen molar-refractivity contribution in [1.82, 2.24) is 34.5 Å². The van der Waals surface area contributed by atoms with Gasteiger partial charge < -0.3 is 20.1 Å². The van der Waals surface area contributed by atoms with E-state index in [2.05, 4.69) is 26.5 Å². The summed E-state index contributed by atoms with van der Waals surface area (Å²) < 4.78 is 15.7. The molecule has 192 valence electrons. The van der Waals surface area contributed by atoms with Crippen molar-refractivity contribution in [3.8, 4) is 28.3 Å². The van der Waals surface area contributed by atoms with E-state index < -0.39 is 0 Å². The minimum Gasteiger partial charge on any atom is -0.490 e. The van der Waals surface area contributed by atoms with Gasteiger partial charge in [0.05, 0.1) is 23.6 Å². The molecule has 2 aliphatic rings. The Morgan fingerprint density at radius 1 is 1.11 bits per heavy atom. The third kappa shape index (κ3) is 4.50. The number of likely N-dealkylation sites (tertiary alicyclic amines) is 1. The van der Waals surface area contributed by atoms with Crippen LogP contribution < -0.4 is 10.5 Å². The van der Waals surface area contributed by atoms with E-state index in [1.54, 1.807) is 13.1 Å². The lowest BCUT2D eigenvalue weighted by molar-refractivity contribution is -0.130. The summed E-state index contributed by atoms with van der Waals surface area (Å²) in [4.78, 5) is 17.8. The number of nitrogens with two attached hydrogens (primary N) is 1. The molecule has 0 atom stereocenters. The van der Waals surface area contributed by atoms with Crippen molar-refractivity contribution in [2.45, 2.75) is 44.8 Å². The van der Waals surface area contributed by atoms with E-state index >= 15 is 0 Å². The molecule has 2 fully saturated rings. The standard InChI is InChI=1S/C26H30N8O3/c1-17(35)32-9-5-20(6-10-32)37-21-4-2-3-18(13-21)23-14-22(25-26(27)28-16-30-34(23)25)24-15-29-31-33(24)19-7-11-36-12-8-19/h2-4,13-16,19-20H,5-12H2,1H3,(H2,27,28,30). The number of fused-ring (bicyclic) bond motifs is 1. The molecule has 0 saturated carbocycles. The maximum Gasteiger partial charge on any atom is 0.219 e. The average molecular weight is 503 g/mol. The van der Waals surface area contributed by atoms with Gasteiger partial charge in [-0.05, 0) is 31.0 Å². The van der Waals surface area contributed by atoms with Crippen LogP contribution in [0.2, 0.25) is 0 Å². The summed E-state index contributed by atoms with van der Waals surface area (Å²) in [6.07, 6.45) is 6.70. The summed E-state index contributed by atoms with van der Waals surface area (Å²) in [7, 11) is 0. The van der Waals surface area contributed by atoms with Crippen LogP contribution in [0.3, 0.4) is 0 Å². The Hall–Kier alpha value is -3.99. The van der Waals surface area contributed by atoms with Crippen molar-refractivity contribution in [2.24, 2.45) is 0 Å². The molecule has 2 aliphatic heterocycles. The minimum atomic E-state index is 0.0725. The van der Waals surface area contributed by atoms with Crippen molar-refractivity contribution >= 4 is 17.2 Å². The molecule has 0 spiro atoms. The zero-order valence-electron chi connectivity index (χ0n) is 20.8. The topological polar surface area (TPSA) is 126 Å². The summed E-state index contributed by atoms with van der Waals surface area (Å²) >= 11 is 0. The molecular formula is C26H30N8O3. The van der Waals surface area contributed by atoms with Gasteiger partial charge in [-0.2, -0.15) is 5.10 Å². The normalized spacial score (nSPS) is 17.4. The number of ether oxygens (including phenoxy) is 2. The predicted octanol–water partition coefficient (Wildman–Crippen LogP) is 2.98. The van der Waals surface area contributed by atoms with Gasteiger partial charge in [0, 0.05) is 57.2 Å². The van der Waals surface area contributed by atoms with E-state index in [4.69, 9.17) is 15.2 Å². The second-order valence-corrected chi connectivity index (χ2v) is 9.61. The first-order valence-corrected chi connectivity index (χ1v) is 12.7. The first-order valence-electron chi connectivity index (χ1n) is 12.7. The van der Waals surface area contributed by atoms with Gasteiger partial charge in [-0.25, -0.2) is 14.2 Å². The number of carbonyl (C=O) groups excluding carboxylic acids is 1. The summed E-state index contributed by atoms with van der Waals surface area (Å²) in [5.74, 6) is 1.29. The van der Waals surface area contributed by atoms with Crippen LogP contribution in [0.15, 0.2) is 42.9 Å². The second-order valence-electron chi connectivity index (χ2n) is 9.61. The summed E-state index contributed by atoms with van der Waals surface area (Å²) in [6, 6.07) is 10.3. The summed E-state index contributed by atoms with van der Waals surface area (Å²) in [5.41, 5.74) is 10.7. The van der Waals surface area contributed by atoms with Gasteiger partial charge in [-0.1, -0.05) is 17.3 Å². The van der Waals surface area contributed by atoms with Gasteiger partial charge in [0.15, 0.2) is 5.82 Å². The zero-order chi connectivity index (χ0) is 25.4. The number of nitrogen functional groups attached to an aromatic ring is 1. The number of anilines is 1. The van der Waals surface area contributed by atoms with Crippen molar-refractivity contribution in [2.75, 3.05) is 32.0 Å². The molecule has 3 aromatic heterocycles. The predicted molar refractivity (Wildman–Crippen MR) is 137 cm³/mol. The molecule has 0 bridgehead atoms. The molecule has 0 radical (unpaired) electrons. The van der Waals surface area contributed by atoms with Crippen molar-refractivity contribution in [1.29, 1.82) is 0 Å². The molecule has 37 heavy (non-hydrogen) atoms. The lowest BCUT2D eigenvalue weighted by Crippen LogP contribution is -2.40. The fraction of sp³-hybridized carbons (Fsp3) is 0.423. The van der Waals surface area contributed by atoms with Crippen LogP contribution in [-0.4, -0.2) is 72.8 Å². The van der Waals surface area contributed by atoms with Crippen molar-refractivity contribution in [3.05, 3.63) is 42.9 Å². The monoisotopic (exact) mass is 502 g/mol. The first kappa shape index (κ1) is 23.4. The van der Waals surface area contributed by atoms with Gasteiger partial charge in [-0.15, -0.1) is 5.10 Å². The molecule has 4 aromatic rings. The van der Waals surface area contributed by atoms with Gasteiger partial charge >= 0.3 is 0 Å². The average Bonchev–Trinajstić information content (AvgIpc) is 3.56. The van der Waals surface area contributed by atoms with Crippen LogP contribution in [-0.2, 0) is 9.53 Å². The van der Waals surface area contributed by atoms with Crippen molar-refractivity contribution < 1.29 is 14.3 Å². The van der Waals surface area contributed by atoms with E-state index in [-0.39, 0.29) is 18.1 Å². The number of nitrogens with zero attached hydrogens (tertiary/aromatic N) is 7. The van der Waals surface area contributed by atoms with Crippen LogP contribution in [0.25, 0.3) is 28.0 Å². The number of hydrogen-bond acceptors (Lipinski definition) is 8. The molecule has 5 heterocycles. The Morgan fingerprint density at radius 2 is 1.92 bits per heavy atom. The number of carbonyl (C=O) groups is 1. The first-order chi connectivity index (χ1) is 18.1. The number of amides is 1. The van der Waals surface area contributed by atoms with Gasteiger partial charge in [-0.3, -0.25) is 4.79 Å². The smallest absolute Gasteiger partial charge is 0.219 e. The van der Waals surface area contributed by atoms with E-state index in [0.29, 0.717) is 19.0 Å². The lowest BCUT2D eigenvalue weighted by atomic mass is 10.1. The highest BCUT2D eigenvalue weighted by Crippen LogP contribution is 2.37. The van der Waals surface area contributed by atoms with Crippen LogP contribution in [0.4, 0.5) is 5.82 Å². The molecule has 6 rings (SSSR count). The maximum absolute atomic E-state index is 11.6. The zero-order valence-corrected chi connectivity index (χ0v) is 20.8. The Balaban J connectivity index is 1.34. The van der Waals surface area contributed by atoms with Crippen LogP contribution in [0, 0.1) is 0 Å². The minimum absolute atomic E-state index is 0.0725. The number of benzene rings is 1. The van der Waals surface area contributed by atoms with Crippen molar-refractivity contribution in [3.63, 3.8) is 0 Å². The Labute approximate surface area is 214 Å². The molecule has 2 N–H and O–H groups in total. The van der Waals surface area contributed by atoms with E-state index in [9.17, 15) is 4.79 Å². The number of piperidine rings is 1. The SMILES string of the molecule is CC(=O)N1CCC(Oc2cccc(-c3cc(-c4cnnn4C4CCOCC4)c4c(N)ncnn34)c2)CC1. The van der Waals surface area contributed by atoms with Crippen LogP contribution in [0.5, 0.6) is 5.75 Å². The Kier molecular flexibility index (Phi) is 6.21. The highest BCUT2D eigenvalue weighted by molar-refractivity contribution is 5.90. The summed E-state index contributed by atoms with van der Waals surface area (Å²) in [5, 5.41) is 13.2. The summed E-state index contributed by atoms with van der Waals surface area (Å²) in [6.45, 7) is 4.47. The fourth-order valence-corrected chi connectivity index (χ4v) is 5.31. The highest BCUT2D eigenvalue weighted by Gasteiger charge is 2.25. The molecular weight excluding hydrogens is 472 g/mol. The maximum atomic E-state index is 11.6. The molecule has 2 saturated heterocycles. The van der Waals surface area contributed by atoms with E-state index in [1.807, 2.05) is 38.4 Å². The molecule has 11 heteroatoms. The van der Waals surface area contributed by atoms with E-state index in [1.165, 1.54) is 6.33 Å². The molecule has 1 aromatic carbocycles. The number of hydrogen-bond donors (Lipinski definition) is 1. The van der Waals surface area contributed by atoms with Gasteiger partial charge in [0.1, 0.15) is 23.7 Å². The third-order valence-electron chi connectivity index (χ3n) is 7.29. The Morgan fingerprint density at radius 3 is 2.70 bits per heavy atom. The fourth-order valence-electron chi connectivity index (χ4n) is 5.31.